The molecule has 0 spiro atoms. The lowest BCUT2D eigenvalue weighted by molar-refractivity contribution is 0.107. The van der Waals surface area contributed by atoms with Crippen LogP contribution in [-0.2, 0) is 11.8 Å². The van der Waals surface area contributed by atoms with Crippen molar-refractivity contribution in [2.75, 3.05) is 57.9 Å². The van der Waals surface area contributed by atoms with E-state index < -0.39 is 23.3 Å². The molecule has 282 valence electrons. The second-order valence-corrected chi connectivity index (χ2v) is 15.6. The zero-order valence-electron chi connectivity index (χ0n) is 30.6. The monoisotopic (exact) mass is 739 g/mol. The fourth-order valence-electron chi connectivity index (χ4n) is 9.92. The summed E-state index contributed by atoms with van der Waals surface area (Å²) >= 11 is 0. The summed E-state index contributed by atoms with van der Waals surface area (Å²) in [5.74, 6) is 1.55. The molecule has 4 aliphatic heterocycles. The van der Waals surface area contributed by atoms with Gasteiger partial charge in [0.25, 0.3) is 0 Å². The maximum absolute atomic E-state index is 17.8. The molecule has 2 aromatic heterocycles. The summed E-state index contributed by atoms with van der Waals surface area (Å²) in [6.07, 6.45) is 12.8. The van der Waals surface area contributed by atoms with Crippen LogP contribution in [0.15, 0.2) is 30.5 Å². The molecule has 5 aromatic rings. The highest BCUT2D eigenvalue weighted by Gasteiger charge is 2.50. The standard InChI is InChI=1S/C41H44F3N7O3/c1-4-29-32(43)11-8-24-16-28(52)17-30(33(24)29)34-36(44)38-35(31-22-48(2)47-37(31)34)39(51-26-9-10-27(51)21-49(20-26)13-5-6-15-53-3)46-40(45-38)54-23-41-12-7-14-50(41)19-25(42)18-41/h1,8,11,16-17,22,25-27,52H,5-7,9-10,12-15,18-21,23H2,2-3H3/t25-,26?,27?,41+/m1/s1. The number of piperazine rings is 1. The number of fused-ring (bicyclic) bond motifs is 7. The molecule has 3 aromatic carbocycles. The molecule has 4 aliphatic rings. The summed E-state index contributed by atoms with van der Waals surface area (Å²) in [5, 5.41) is 17.5. The Hall–Kier alpha value is -4.64. The first kappa shape index (κ1) is 35.1. The molecule has 1 N–H and O–H groups in total. The van der Waals surface area contributed by atoms with E-state index in [0.29, 0.717) is 40.5 Å². The maximum atomic E-state index is 17.8. The van der Waals surface area contributed by atoms with E-state index in [2.05, 4.69) is 20.6 Å². The molecule has 0 saturated carbocycles. The summed E-state index contributed by atoms with van der Waals surface area (Å²) in [6.45, 7) is 4.76. The predicted molar refractivity (Wildman–Crippen MR) is 202 cm³/mol. The average molecular weight is 740 g/mol. The number of aromatic hydroxyl groups is 1. The van der Waals surface area contributed by atoms with Crippen molar-refractivity contribution in [3.63, 3.8) is 0 Å². The van der Waals surface area contributed by atoms with Gasteiger partial charge in [-0.1, -0.05) is 12.0 Å². The van der Waals surface area contributed by atoms with Gasteiger partial charge in [-0.25, -0.2) is 13.2 Å². The van der Waals surface area contributed by atoms with Crippen LogP contribution in [0.5, 0.6) is 11.8 Å². The van der Waals surface area contributed by atoms with Crippen LogP contribution in [0.3, 0.4) is 0 Å². The quantitative estimate of drug-likeness (QED) is 0.130. The van der Waals surface area contributed by atoms with E-state index >= 15 is 8.78 Å². The van der Waals surface area contributed by atoms with Gasteiger partial charge in [0, 0.05) is 81.4 Å². The second kappa shape index (κ2) is 13.6. The second-order valence-electron chi connectivity index (χ2n) is 15.6. The number of nitrogens with zero attached hydrogens (tertiary/aromatic N) is 7. The van der Waals surface area contributed by atoms with Gasteiger partial charge in [0.15, 0.2) is 5.82 Å². The Morgan fingerprint density at radius 1 is 1.06 bits per heavy atom. The van der Waals surface area contributed by atoms with Crippen molar-refractivity contribution in [2.45, 2.75) is 68.7 Å². The Morgan fingerprint density at radius 2 is 1.87 bits per heavy atom. The molecular formula is C41H44F3N7O3. The van der Waals surface area contributed by atoms with Crippen molar-refractivity contribution in [2.24, 2.45) is 7.05 Å². The fraction of sp³-hybridized carbons (Fsp3) is 0.488. The predicted octanol–water partition coefficient (Wildman–Crippen LogP) is 6.34. The van der Waals surface area contributed by atoms with Gasteiger partial charge < -0.3 is 19.5 Å². The zero-order chi connectivity index (χ0) is 37.3. The molecule has 4 fully saturated rings. The number of phenols is 1. The lowest BCUT2D eigenvalue weighted by Gasteiger charge is -2.42. The van der Waals surface area contributed by atoms with Crippen LogP contribution in [0.2, 0.25) is 0 Å². The summed E-state index contributed by atoms with van der Waals surface area (Å²) in [5.41, 5.74) is 0.0713. The molecule has 2 unspecified atom stereocenters. The Morgan fingerprint density at radius 3 is 2.65 bits per heavy atom. The normalized spacial score (nSPS) is 24.3. The van der Waals surface area contributed by atoms with Gasteiger partial charge in [-0.3, -0.25) is 14.5 Å². The first-order chi connectivity index (χ1) is 26.2. The molecule has 0 radical (unpaired) electrons. The number of aromatic nitrogens is 4. The summed E-state index contributed by atoms with van der Waals surface area (Å²) in [6, 6.07) is 5.91. The van der Waals surface area contributed by atoms with Crippen molar-refractivity contribution in [1.29, 1.82) is 0 Å². The number of phenolic OH excluding ortho intramolecular Hbond substituents is 1. The summed E-state index contributed by atoms with van der Waals surface area (Å²) in [7, 11) is 3.49. The molecule has 0 aliphatic carbocycles. The van der Waals surface area contributed by atoms with Crippen LogP contribution >= 0.6 is 0 Å². The number of halogens is 3. The van der Waals surface area contributed by atoms with E-state index in [1.807, 2.05) is 6.20 Å². The molecule has 4 saturated heterocycles. The molecule has 54 heavy (non-hydrogen) atoms. The highest BCUT2D eigenvalue weighted by Crippen LogP contribution is 2.47. The van der Waals surface area contributed by atoms with E-state index in [4.69, 9.17) is 31.0 Å². The number of ether oxygens (including phenoxy) is 2. The average Bonchev–Trinajstić information content (AvgIpc) is 3.88. The third-order valence-electron chi connectivity index (χ3n) is 12.2. The number of likely N-dealkylation sites (tertiary alicyclic amines) is 1. The van der Waals surface area contributed by atoms with Crippen molar-refractivity contribution in [3.8, 4) is 35.2 Å². The highest BCUT2D eigenvalue weighted by atomic mass is 19.1. The Labute approximate surface area is 311 Å². The number of methoxy groups -OCH3 is 1. The molecule has 13 heteroatoms. The molecular weight excluding hydrogens is 695 g/mol. The minimum Gasteiger partial charge on any atom is -0.508 e. The number of unbranched alkanes of at least 4 members (excludes halogenated alkanes) is 1. The first-order valence-corrected chi connectivity index (χ1v) is 19.0. The molecule has 9 rings (SSSR count). The van der Waals surface area contributed by atoms with E-state index in [0.717, 1.165) is 71.3 Å². The summed E-state index contributed by atoms with van der Waals surface area (Å²) < 4.78 is 61.1. The van der Waals surface area contributed by atoms with Crippen LogP contribution < -0.4 is 9.64 Å². The third-order valence-corrected chi connectivity index (χ3v) is 12.2. The van der Waals surface area contributed by atoms with E-state index in [1.54, 1.807) is 18.8 Å². The summed E-state index contributed by atoms with van der Waals surface area (Å²) in [4.78, 5) is 16.9. The van der Waals surface area contributed by atoms with Crippen molar-refractivity contribution in [1.82, 2.24) is 29.5 Å². The number of hydrogen-bond acceptors (Lipinski definition) is 9. The maximum Gasteiger partial charge on any atom is 0.319 e. The molecule has 0 amide bonds. The smallest absolute Gasteiger partial charge is 0.319 e. The first-order valence-electron chi connectivity index (χ1n) is 19.0. The van der Waals surface area contributed by atoms with E-state index in [1.165, 1.54) is 24.3 Å². The fourth-order valence-corrected chi connectivity index (χ4v) is 9.92. The molecule has 4 atom stereocenters. The number of alkyl halides is 1. The van der Waals surface area contributed by atoms with E-state index in [9.17, 15) is 9.50 Å². The van der Waals surface area contributed by atoms with Gasteiger partial charge in [-0.15, -0.1) is 6.42 Å². The molecule has 6 heterocycles. The van der Waals surface area contributed by atoms with Crippen LogP contribution in [0, 0.1) is 24.0 Å². The SMILES string of the molecule is C#Cc1c(F)ccc2cc(O)cc(-c3c(F)c4nc(OC[C@@]56CCCN5C[C@H](F)C6)nc(N5C6CCC5CN(CCCCOC)C6)c4c4cn(C)nc34)c12. The third kappa shape index (κ3) is 5.72. The number of terminal acetylenes is 1. The minimum absolute atomic E-state index is 0.0200. The van der Waals surface area contributed by atoms with Crippen molar-refractivity contribution in [3.05, 3.63) is 47.7 Å². The highest BCUT2D eigenvalue weighted by molar-refractivity contribution is 6.18. The number of hydrogen-bond donors (Lipinski definition) is 1. The minimum atomic E-state index is -0.933. The lowest BCUT2D eigenvalue weighted by atomic mass is 9.91. The molecule has 10 nitrogen and oxygen atoms in total. The number of benzene rings is 3. The Kier molecular flexibility index (Phi) is 8.83. The van der Waals surface area contributed by atoms with Crippen molar-refractivity contribution < 1.29 is 27.8 Å². The van der Waals surface area contributed by atoms with Crippen LogP contribution in [0.4, 0.5) is 19.0 Å². The van der Waals surface area contributed by atoms with Gasteiger partial charge >= 0.3 is 6.01 Å². The van der Waals surface area contributed by atoms with Gasteiger partial charge in [0.2, 0.25) is 0 Å². The number of anilines is 1. The van der Waals surface area contributed by atoms with Crippen LogP contribution in [-0.4, -0.2) is 111 Å². The topological polar surface area (TPSA) is 92.0 Å². The van der Waals surface area contributed by atoms with Gasteiger partial charge in [-0.05, 0) is 80.8 Å². The zero-order valence-corrected chi connectivity index (χ0v) is 30.6. The van der Waals surface area contributed by atoms with Crippen LogP contribution in [0.1, 0.15) is 50.5 Å². The van der Waals surface area contributed by atoms with Crippen molar-refractivity contribution >= 4 is 38.4 Å². The number of rotatable bonds is 10. The van der Waals surface area contributed by atoms with E-state index in [-0.39, 0.29) is 58.0 Å². The molecule has 2 bridgehead atoms. The largest absolute Gasteiger partial charge is 0.508 e. The number of aryl methyl sites for hydroxylation is 1. The van der Waals surface area contributed by atoms with Crippen LogP contribution in [0.25, 0.3) is 43.7 Å². The van der Waals surface area contributed by atoms with Gasteiger partial charge in [0.05, 0.1) is 16.5 Å². The van der Waals surface area contributed by atoms with Gasteiger partial charge in [-0.2, -0.15) is 15.1 Å². The Balaban J connectivity index is 1.23. The lowest BCUT2D eigenvalue weighted by Crippen LogP contribution is -2.54. The van der Waals surface area contributed by atoms with Gasteiger partial charge in [0.1, 0.15) is 41.2 Å². The Bertz CT molecular complexity index is 2310.